The minimum absolute atomic E-state index is 0.0441. The Kier molecular flexibility index (Phi) is 3.42. The van der Waals surface area contributed by atoms with Crippen molar-refractivity contribution >= 4 is 11.6 Å². The fourth-order valence-electron chi connectivity index (χ4n) is 1.90. The molecule has 0 fully saturated rings. The third-order valence-corrected chi connectivity index (χ3v) is 2.94. The molecule has 1 amide bonds. The molecule has 4 heteroatoms. The normalized spacial score (nSPS) is 10.2. The Hall–Kier alpha value is -2.49. The van der Waals surface area contributed by atoms with Gasteiger partial charge < -0.3 is 15.5 Å². The summed E-state index contributed by atoms with van der Waals surface area (Å²) in [5, 5.41) is 21.8. The molecular formula is C15H15NO3. The first kappa shape index (κ1) is 13.0. The number of aryl methyl sites for hydroxylation is 2. The van der Waals surface area contributed by atoms with E-state index in [2.05, 4.69) is 5.32 Å². The van der Waals surface area contributed by atoms with Crippen LogP contribution in [0.15, 0.2) is 36.4 Å². The molecule has 0 heterocycles. The van der Waals surface area contributed by atoms with Crippen molar-refractivity contribution in [2.24, 2.45) is 0 Å². The molecule has 4 nitrogen and oxygen atoms in total. The SMILES string of the molecule is Cc1cccc(C)c1NC(=O)c1cc(O)ccc1O. The standard InChI is InChI=1S/C15H15NO3/c1-9-4-3-5-10(2)14(9)16-15(19)12-8-11(17)6-7-13(12)18/h3-8,17-18H,1-2H3,(H,16,19). The highest BCUT2D eigenvalue weighted by Gasteiger charge is 2.14. The molecule has 2 aromatic carbocycles. The Bertz CT molecular complexity index is 615. The fourth-order valence-corrected chi connectivity index (χ4v) is 1.90. The Morgan fingerprint density at radius 3 is 2.32 bits per heavy atom. The highest BCUT2D eigenvalue weighted by atomic mass is 16.3. The molecule has 0 unspecified atom stereocenters. The van der Waals surface area contributed by atoms with E-state index in [9.17, 15) is 15.0 Å². The number of phenols is 2. The van der Waals surface area contributed by atoms with Crippen molar-refractivity contribution in [3.8, 4) is 11.5 Å². The summed E-state index contributed by atoms with van der Waals surface area (Å²) in [6.45, 7) is 3.79. The van der Waals surface area contributed by atoms with E-state index in [1.54, 1.807) is 0 Å². The molecule has 2 aromatic rings. The Morgan fingerprint density at radius 1 is 1.05 bits per heavy atom. The van der Waals surface area contributed by atoms with Crippen LogP contribution in [0.5, 0.6) is 11.5 Å². The van der Waals surface area contributed by atoms with Crippen molar-refractivity contribution in [1.82, 2.24) is 0 Å². The second-order valence-corrected chi connectivity index (χ2v) is 4.42. The molecule has 19 heavy (non-hydrogen) atoms. The smallest absolute Gasteiger partial charge is 0.259 e. The zero-order chi connectivity index (χ0) is 14.0. The number of carbonyl (C=O) groups is 1. The van der Waals surface area contributed by atoms with Crippen LogP contribution in [0.2, 0.25) is 0 Å². The third kappa shape index (κ3) is 2.68. The second-order valence-electron chi connectivity index (χ2n) is 4.42. The Balaban J connectivity index is 2.34. The van der Waals surface area contributed by atoms with Gasteiger partial charge in [0.2, 0.25) is 0 Å². The van der Waals surface area contributed by atoms with Crippen LogP contribution in [0.25, 0.3) is 0 Å². The van der Waals surface area contributed by atoms with Gasteiger partial charge in [-0.3, -0.25) is 4.79 Å². The summed E-state index contributed by atoms with van der Waals surface area (Å²) in [5.74, 6) is -0.684. The minimum atomic E-state index is -0.453. The minimum Gasteiger partial charge on any atom is -0.508 e. The molecule has 0 aliphatic rings. The molecule has 0 aromatic heterocycles. The van der Waals surface area contributed by atoms with E-state index >= 15 is 0 Å². The molecule has 0 saturated heterocycles. The predicted octanol–water partition coefficient (Wildman–Crippen LogP) is 2.97. The van der Waals surface area contributed by atoms with Gasteiger partial charge in [-0.2, -0.15) is 0 Å². The van der Waals surface area contributed by atoms with Crippen molar-refractivity contribution in [3.05, 3.63) is 53.1 Å². The van der Waals surface area contributed by atoms with E-state index in [0.717, 1.165) is 16.8 Å². The summed E-state index contributed by atoms with van der Waals surface area (Å²) in [7, 11) is 0. The Morgan fingerprint density at radius 2 is 1.68 bits per heavy atom. The van der Waals surface area contributed by atoms with E-state index in [0.29, 0.717) is 0 Å². The van der Waals surface area contributed by atoms with Crippen LogP contribution < -0.4 is 5.32 Å². The van der Waals surface area contributed by atoms with Crippen molar-refractivity contribution in [2.45, 2.75) is 13.8 Å². The van der Waals surface area contributed by atoms with Crippen molar-refractivity contribution in [2.75, 3.05) is 5.32 Å². The molecular weight excluding hydrogens is 242 g/mol. The monoisotopic (exact) mass is 257 g/mol. The van der Waals surface area contributed by atoms with Gasteiger partial charge in [-0.1, -0.05) is 18.2 Å². The fraction of sp³-hybridized carbons (Fsp3) is 0.133. The maximum atomic E-state index is 12.1. The van der Waals surface area contributed by atoms with E-state index in [-0.39, 0.29) is 17.1 Å². The largest absolute Gasteiger partial charge is 0.508 e. The van der Waals surface area contributed by atoms with E-state index in [1.807, 2.05) is 32.0 Å². The van der Waals surface area contributed by atoms with Gasteiger partial charge in [0.25, 0.3) is 5.91 Å². The van der Waals surface area contributed by atoms with E-state index in [1.165, 1.54) is 18.2 Å². The maximum absolute atomic E-state index is 12.1. The lowest BCUT2D eigenvalue weighted by Crippen LogP contribution is -2.13. The van der Waals surface area contributed by atoms with Crippen molar-refractivity contribution < 1.29 is 15.0 Å². The summed E-state index contributed by atoms with van der Waals surface area (Å²) < 4.78 is 0. The Labute approximate surface area is 111 Å². The number of hydrogen-bond acceptors (Lipinski definition) is 3. The number of benzene rings is 2. The molecule has 0 aliphatic heterocycles. The first-order chi connectivity index (χ1) is 8.99. The van der Waals surface area contributed by atoms with Crippen LogP contribution >= 0.6 is 0 Å². The van der Waals surface area contributed by atoms with E-state index in [4.69, 9.17) is 0 Å². The van der Waals surface area contributed by atoms with Gasteiger partial charge in [-0.05, 0) is 43.2 Å². The van der Waals surface area contributed by atoms with Crippen LogP contribution in [0.3, 0.4) is 0 Å². The lowest BCUT2D eigenvalue weighted by molar-refractivity contribution is 0.102. The first-order valence-electron chi connectivity index (χ1n) is 5.88. The first-order valence-corrected chi connectivity index (χ1v) is 5.88. The number of phenolic OH excluding ortho intramolecular Hbond substituents is 2. The van der Waals surface area contributed by atoms with Gasteiger partial charge in [0.05, 0.1) is 5.56 Å². The summed E-state index contributed by atoms with van der Waals surface area (Å²) in [6.07, 6.45) is 0. The van der Waals surface area contributed by atoms with Crippen LogP contribution in [-0.2, 0) is 0 Å². The number of amides is 1. The maximum Gasteiger partial charge on any atom is 0.259 e. The van der Waals surface area contributed by atoms with Crippen LogP contribution in [0.1, 0.15) is 21.5 Å². The average Bonchev–Trinajstić information content (AvgIpc) is 2.37. The highest BCUT2D eigenvalue weighted by Crippen LogP contribution is 2.25. The van der Waals surface area contributed by atoms with Crippen molar-refractivity contribution in [3.63, 3.8) is 0 Å². The molecule has 0 atom stereocenters. The summed E-state index contributed by atoms with van der Waals surface area (Å²) in [5.41, 5.74) is 2.64. The molecule has 0 aliphatic carbocycles. The molecule has 0 bridgehead atoms. The van der Waals surface area contributed by atoms with E-state index < -0.39 is 5.91 Å². The second kappa shape index (κ2) is 5.02. The molecule has 2 rings (SSSR count). The summed E-state index contributed by atoms with van der Waals surface area (Å²) >= 11 is 0. The van der Waals surface area contributed by atoms with Crippen molar-refractivity contribution in [1.29, 1.82) is 0 Å². The third-order valence-electron chi connectivity index (χ3n) is 2.94. The van der Waals surface area contributed by atoms with Gasteiger partial charge in [0.1, 0.15) is 11.5 Å². The summed E-state index contributed by atoms with van der Waals surface area (Å²) in [6, 6.07) is 9.54. The number of para-hydroxylation sites is 1. The van der Waals surface area contributed by atoms with Gasteiger partial charge in [-0.25, -0.2) is 0 Å². The van der Waals surface area contributed by atoms with Gasteiger partial charge in [0, 0.05) is 5.69 Å². The highest BCUT2D eigenvalue weighted by molar-refractivity contribution is 6.07. The lowest BCUT2D eigenvalue weighted by atomic mass is 10.1. The number of carbonyl (C=O) groups excluding carboxylic acids is 1. The predicted molar refractivity (Wildman–Crippen MR) is 73.6 cm³/mol. The van der Waals surface area contributed by atoms with Gasteiger partial charge in [0.15, 0.2) is 0 Å². The average molecular weight is 257 g/mol. The zero-order valence-electron chi connectivity index (χ0n) is 10.8. The number of rotatable bonds is 2. The van der Waals surface area contributed by atoms with Crippen LogP contribution in [0.4, 0.5) is 5.69 Å². The van der Waals surface area contributed by atoms with Gasteiger partial charge >= 0.3 is 0 Å². The number of aromatic hydroxyl groups is 2. The summed E-state index contributed by atoms with van der Waals surface area (Å²) in [4.78, 5) is 12.1. The number of hydrogen-bond donors (Lipinski definition) is 3. The lowest BCUT2D eigenvalue weighted by Gasteiger charge is -2.12. The quantitative estimate of drug-likeness (QED) is 0.724. The van der Waals surface area contributed by atoms with Gasteiger partial charge in [-0.15, -0.1) is 0 Å². The zero-order valence-corrected chi connectivity index (χ0v) is 10.8. The number of nitrogens with one attached hydrogen (secondary N) is 1. The van der Waals surface area contributed by atoms with Crippen LogP contribution in [0, 0.1) is 13.8 Å². The number of anilines is 1. The molecule has 3 N–H and O–H groups in total. The molecule has 0 spiro atoms. The molecule has 0 saturated carbocycles. The topological polar surface area (TPSA) is 69.6 Å². The van der Waals surface area contributed by atoms with Crippen LogP contribution in [-0.4, -0.2) is 16.1 Å². The molecule has 0 radical (unpaired) electrons. The molecule has 98 valence electrons.